The summed E-state index contributed by atoms with van der Waals surface area (Å²) in [5, 5.41) is 8.53. The predicted molar refractivity (Wildman–Crippen MR) is 74.3 cm³/mol. The van der Waals surface area contributed by atoms with Gasteiger partial charge in [-0.3, -0.25) is 0 Å². The van der Waals surface area contributed by atoms with Crippen LogP contribution in [0, 0.1) is 11.3 Å². The highest BCUT2D eigenvalue weighted by molar-refractivity contribution is 7.86. The van der Waals surface area contributed by atoms with E-state index >= 15 is 0 Å². The van der Waals surface area contributed by atoms with E-state index in [1.165, 1.54) is 15.7 Å². The van der Waals surface area contributed by atoms with Crippen LogP contribution in [0.3, 0.4) is 0 Å². The Kier molecular flexibility index (Phi) is 5.96. The summed E-state index contributed by atoms with van der Waals surface area (Å²) in [4.78, 5) is 0. The van der Waals surface area contributed by atoms with E-state index in [-0.39, 0.29) is 13.0 Å². The Balaban J connectivity index is 2.81. The third-order valence-corrected chi connectivity index (χ3v) is 4.82. The Morgan fingerprint density at radius 3 is 2.42 bits per heavy atom. The summed E-state index contributed by atoms with van der Waals surface area (Å²) < 4.78 is 27.3. The van der Waals surface area contributed by atoms with E-state index in [0.717, 1.165) is 5.56 Å². The minimum atomic E-state index is -3.51. The van der Waals surface area contributed by atoms with Crippen LogP contribution in [0.4, 0.5) is 0 Å². The second kappa shape index (κ2) is 7.24. The van der Waals surface area contributed by atoms with Gasteiger partial charge >= 0.3 is 0 Å². The maximum atomic E-state index is 12.3. The Hall–Kier alpha value is -1.42. The van der Waals surface area contributed by atoms with Crippen molar-refractivity contribution in [1.82, 2.24) is 8.61 Å². The first-order valence-corrected chi connectivity index (χ1v) is 7.54. The lowest BCUT2D eigenvalue weighted by molar-refractivity contribution is 0.366. The first kappa shape index (κ1) is 15.6. The van der Waals surface area contributed by atoms with E-state index in [2.05, 4.69) is 0 Å². The fourth-order valence-corrected chi connectivity index (χ4v) is 3.02. The molecule has 0 bridgehead atoms. The van der Waals surface area contributed by atoms with Crippen LogP contribution in [0.25, 0.3) is 0 Å². The molecule has 0 unspecified atom stereocenters. The van der Waals surface area contributed by atoms with Gasteiger partial charge in [-0.15, -0.1) is 0 Å². The second-order valence-electron chi connectivity index (χ2n) is 4.15. The van der Waals surface area contributed by atoms with Crippen LogP contribution in [0.15, 0.2) is 30.3 Å². The molecule has 0 atom stereocenters. The molecule has 0 spiro atoms. The second-order valence-corrected chi connectivity index (χ2v) is 6.18. The van der Waals surface area contributed by atoms with Gasteiger partial charge in [0.15, 0.2) is 0 Å². The normalized spacial score (nSPS) is 11.7. The average Bonchev–Trinajstić information content (AvgIpc) is 2.42. The van der Waals surface area contributed by atoms with E-state index in [1.807, 2.05) is 36.4 Å². The van der Waals surface area contributed by atoms with Gasteiger partial charge in [-0.05, 0) is 5.56 Å². The van der Waals surface area contributed by atoms with E-state index in [0.29, 0.717) is 13.1 Å². The zero-order valence-corrected chi connectivity index (χ0v) is 12.1. The first-order chi connectivity index (χ1) is 9.02. The molecule has 0 N–H and O–H groups in total. The van der Waals surface area contributed by atoms with Crippen molar-refractivity contribution >= 4 is 10.2 Å². The zero-order valence-electron chi connectivity index (χ0n) is 11.3. The summed E-state index contributed by atoms with van der Waals surface area (Å²) in [5.74, 6) is 0. The Morgan fingerprint density at radius 2 is 1.89 bits per heavy atom. The van der Waals surface area contributed by atoms with E-state index in [4.69, 9.17) is 5.26 Å². The van der Waals surface area contributed by atoms with Gasteiger partial charge in [-0.1, -0.05) is 37.3 Å². The number of nitriles is 1. The Morgan fingerprint density at radius 1 is 1.26 bits per heavy atom. The molecule has 0 fully saturated rings. The maximum Gasteiger partial charge on any atom is 0.282 e. The van der Waals surface area contributed by atoms with Gasteiger partial charge in [0.25, 0.3) is 10.2 Å². The fraction of sp³-hybridized carbons (Fsp3) is 0.462. The molecule has 0 saturated heterocycles. The quantitative estimate of drug-likeness (QED) is 0.762. The van der Waals surface area contributed by atoms with Gasteiger partial charge in [-0.2, -0.15) is 22.3 Å². The molecule has 1 aromatic carbocycles. The molecule has 0 aliphatic heterocycles. The summed E-state index contributed by atoms with van der Waals surface area (Å²) in [7, 11) is -2.01. The molecule has 0 aliphatic rings. The third-order valence-electron chi connectivity index (χ3n) is 2.81. The topological polar surface area (TPSA) is 64.4 Å². The van der Waals surface area contributed by atoms with Gasteiger partial charge < -0.3 is 0 Å². The molecule has 19 heavy (non-hydrogen) atoms. The van der Waals surface area contributed by atoms with Crippen molar-refractivity contribution in [2.45, 2.75) is 19.9 Å². The number of nitrogens with zero attached hydrogens (tertiary/aromatic N) is 3. The number of rotatable bonds is 7. The Bertz CT molecular complexity index is 523. The molecular weight excluding hydrogens is 262 g/mol. The molecule has 0 heterocycles. The first-order valence-electron chi connectivity index (χ1n) is 6.14. The molecule has 104 valence electrons. The molecular formula is C13H19N3O2S. The van der Waals surface area contributed by atoms with Gasteiger partial charge in [-0.25, -0.2) is 0 Å². The molecule has 0 saturated carbocycles. The molecule has 1 aromatic rings. The van der Waals surface area contributed by atoms with Crippen LogP contribution >= 0.6 is 0 Å². The molecule has 1 rings (SSSR count). The van der Waals surface area contributed by atoms with Gasteiger partial charge in [0.1, 0.15) is 0 Å². The van der Waals surface area contributed by atoms with Crippen molar-refractivity contribution in [2.75, 3.05) is 20.1 Å². The van der Waals surface area contributed by atoms with Gasteiger partial charge in [0.05, 0.1) is 6.07 Å². The van der Waals surface area contributed by atoms with Crippen LogP contribution in [0.1, 0.15) is 18.9 Å². The fourth-order valence-electron chi connectivity index (χ4n) is 1.66. The molecule has 0 amide bonds. The lowest BCUT2D eigenvalue weighted by atomic mass is 10.2. The summed E-state index contributed by atoms with van der Waals surface area (Å²) in [6, 6.07) is 11.4. The standard InChI is InChI=1S/C13H19N3O2S/c1-3-16(12-13-8-5-4-6-9-13)19(17,18)15(2)11-7-10-14/h4-6,8-9H,3,7,11-12H2,1-2H3. The zero-order chi connectivity index (χ0) is 14.3. The van der Waals surface area contributed by atoms with Gasteiger partial charge in [0.2, 0.25) is 0 Å². The SMILES string of the molecule is CCN(Cc1ccccc1)S(=O)(=O)N(C)CCC#N. The van der Waals surface area contributed by atoms with Crippen molar-refractivity contribution in [3.63, 3.8) is 0 Å². The number of benzene rings is 1. The smallest absolute Gasteiger partial charge is 0.198 e. The van der Waals surface area contributed by atoms with Crippen molar-refractivity contribution in [3.05, 3.63) is 35.9 Å². The lowest BCUT2D eigenvalue weighted by Crippen LogP contribution is -2.41. The molecule has 0 radical (unpaired) electrons. The van der Waals surface area contributed by atoms with Crippen molar-refractivity contribution < 1.29 is 8.42 Å². The van der Waals surface area contributed by atoms with Crippen LogP contribution in [0.5, 0.6) is 0 Å². The van der Waals surface area contributed by atoms with E-state index in [9.17, 15) is 8.42 Å². The van der Waals surface area contributed by atoms with Crippen molar-refractivity contribution in [3.8, 4) is 6.07 Å². The minimum absolute atomic E-state index is 0.193. The Labute approximate surface area is 115 Å². The molecule has 6 heteroatoms. The highest BCUT2D eigenvalue weighted by atomic mass is 32.2. The van der Waals surface area contributed by atoms with Crippen LogP contribution in [-0.2, 0) is 16.8 Å². The van der Waals surface area contributed by atoms with Crippen LogP contribution in [-0.4, -0.2) is 37.2 Å². The van der Waals surface area contributed by atoms with Crippen molar-refractivity contribution in [2.24, 2.45) is 0 Å². The summed E-state index contributed by atoms with van der Waals surface area (Å²) in [5.41, 5.74) is 0.946. The largest absolute Gasteiger partial charge is 0.282 e. The summed E-state index contributed by atoms with van der Waals surface area (Å²) >= 11 is 0. The number of hydrogen-bond acceptors (Lipinski definition) is 3. The lowest BCUT2D eigenvalue weighted by Gasteiger charge is -2.26. The maximum absolute atomic E-state index is 12.3. The molecule has 5 nitrogen and oxygen atoms in total. The van der Waals surface area contributed by atoms with E-state index < -0.39 is 10.2 Å². The molecule has 0 aliphatic carbocycles. The van der Waals surface area contributed by atoms with Crippen LogP contribution in [0.2, 0.25) is 0 Å². The highest BCUT2D eigenvalue weighted by Gasteiger charge is 2.25. The average molecular weight is 281 g/mol. The van der Waals surface area contributed by atoms with Crippen LogP contribution < -0.4 is 0 Å². The monoisotopic (exact) mass is 281 g/mol. The number of hydrogen-bond donors (Lipinski definition) is 0. The summed E-state index contributed by atoms with van der Waals surface area (Å²) in [6.07, 6.45) is 0.193. The minimum Gasteiger partial charge on any atom is -0.198 e. The predicted octanol–water partition coefficient (Wildman–Crippen LogP) is 1.60. The van der Waals surface area contributed by atoms with E-state index in [1.54, 1.807) is 6.92 Å². The molecule has 0 aromatic heterocycles. The highest BCUT2D eigenvalue weighted by Crippen LogP contribution is 2.12. The van der Waals surface area contributed by atoms with Crippen molar-refractivity contribution in [1.29, 1.82) is 5.26 Å². The van der Waals surface area contributed by atoms with Gasteiger partial charge in [0, 0.05) is 33.1 Å². The third kappa shape index (κ3) is 4.31. The summed E-state index contributed by atoms with van der Waals surface area (Å²) in [6.45, 7) is 2.76.